The molecule has 0 atom stereocenters. The van der Waals surface area contributed by atoms with Crippen LogP contribution in [0.2, 0.25) is 0 Å². The Labute approximate surface area is 156 Å². The minimum absolute atomic E-state index is 0.212. The quantitative estimate of drug-likeness (QED) is 0.517. The van der Waals surface area contributed by atoms with Gasteiger partial charge in [-0.05, 0) is 41.1 Å². The predicted octanol–water partition coefficient (Wildman–Crippen LogP) is 4.20. The molecule has 1 heterocycles. The van der Waals surface area contributed by atoms with Crippen molar-refractivity contribution < 1.29 is 19.0 Å². The highest BCUT2D eigenvalue weighted by Crippen LogP contribution is 2.29. The molecule has 0 spiro atoms. The van der Waals surface area contributed by atoms with E-state index in [-0.39, 0.29) is 5.70 Å². The number of benzene rings is 3. The largest absolute Gasteiger partial charge is 0.497 e. The van der Waals surface area contributed by atoms with Gasteiger partial charge in [0.1, 0.15) is 11.5 Å². The fourth-order valence-corrected chi connectivity index (χ4v) is 3.04. The third kappa shape index (κ3) is 3.15. The normalized spacial score (nSPS) is 15.0. The SMILES string of the molecule is COc1ccc(OC)c(/C=C2/N=C(c3cccc4ccccc34)OC2=O)c1. The first kappa shape index (κ1) is 16.8. The third-order valence-corrected chi connectivity index (χ3v) is 4.37. The van der Waals surface area contributed by atoms with Crippen molar-refractivity contribution in [2.24, 2.45) is 4.99 Å². The number of carbonyl (C=O) groups excluding carboxylic acids is 1. The van der Waals surface area contributed by atoms with Crippen molar-refractivity contribution in [3.05, 3.63) is 77.5 Å². The highest BCUT2D eigenvalue weighted by molar-refractivity contribution is 6.17. The van der Waals surface area contributed by atoms with Crippen molar-refractivity contribution in [1.82, 2.24) is 0 Å². The molecule has 134 valence electrons. The average Bonchev–Trinajstić information content (AvgIpc) is 3.07. The number of methoxy groups -OCH3 is 2. The van der Waals surface area contributed by atoms with Crippen molar-refractivity contribution in [2.75, 3.05) is 14.2 Å². The molecule has 27 heavy (non-hydrogen) atoms. The van der Waals surface area contributed by atoms with Crippen molar-refractivity contribution in [2.45, 2.75) is 0 Å². The molecule has 1 aliphatic rings. The molecule has 0 bridgehead atoms. The second-order valence-corrected chi connectivity index (χ2v) is 5.97. The van der Waals surface area contributed by atoms with E-state index in [0.29, 0.717) is 23.0 Å². The molecule has 5 nitrogen and oxygen atoms in total. The summed E-state index contributed by atoms with van der Waals surface area (Å²) in [7, 11) is 3.15. The molecule has 0 unspecified atom stereocenters. The Bertz CT molecular complexity index is 1090. The number of hydrogen-bond acceptors (Lipinski definition) is 5. The maximum Gasteiger partial charge on any atom is 0.363 e. The summed E-state index contributed by atoms with van der Waals surface area (Å²) in [5.74, 6) is 1.07. The van der Waals surface area contributed by atoms with Gasteiger partial charge in [-0.3, -0.25) is 0 Å². The number of hydrogen-bond donors (Lipinski definition) is 0. The van der Waals surface area contributed by atoms with E-state index in [9.17, 15) is 4.79 Å². The monoisotopic (exact) mass is 359 g/mol. The van der Waals surface area contributed by atoms with Crippen LogP contribution in [0.15, 0.2) is 71.4 Å². The zero-order valence-corrected chi connectivity index (χ0v) is 14.9. The lowest BCUT2D eigenvalue weighted by Gasteiger charge is -2.07. The van der Waals surface area contributed by atoms with Crippen LogP contribution in [0, 0.1) is 0 Å². The first-order valence-electron chi connectivity index (χ1n) is 8.42. The fourth-order valence-electron chi connectivity index (χ4n) is 3.04. The summed E-state index contributed by atoms with van der Waals surface area (Å²) in [5, 5.41) is 2.03. The molecular weight excluding hydrogens is 342 g/mol. The zero-order valence-electron chi connectivity index (χ0n) is 14.9. The number of aliphatic imine (C=N–C) groups is 1. The van der Waals surface area contributed by atoms with Gasteiger partial charge in [0.05, 0.1) is 14.2 Å². The van der Waals surface area contributed by atoms with Crippen LogP contribution in [0.4, 0.5) is 0 Å². The van der Waals surface area contributed by atoms with Gasteiger partial charge in [-0.2, -0.15) is 0 Å². The van der Waals surface area contributed by atoms with Crippen LogP contribution in [0.3, 0.4) is 0 Å². The molecule has 1 aliphatic heterocycles. The van der Waals surface area contributed by atoms with E-state index in [1.54, 1.807) is 38.5 Å². The van der Waals surface area contributed by atoms with E-state index in [1.807, 2.05) is 42.5 Å². The predicted molar refractivity (Wildman–Crippen MR) is 104 cm³/mol. The second-order valence-electron chi connectivity index (χ2n) is 5.97. The highest BCUT2D eigenvalue weighted by Gasteiger charge is 2.25. The molecule has 0 saturated heterocycles. The third-order valence-electron chi connectivity index (χ3n) is 4.37. The van der Waals surface area contributed by atoms with Crippen LogP contribution in [0.1, 0.15) is 11.1 Å². The van der Waals surface area contributed by atoms with Gasteiger partial charge in [0, 0.05) is 11.1 Å². The van der Waals surface area contributed by atoms with Gasteiger partial charge in [-0.15, -0.1) is 0 Å². The Kier molecular flexibility index (Phi) is 4.34. The topological polar surface area (TPSA) is 57.1 Å². The summed E-state index contributed by atoms with van der Waals surface area (Å²) in [4.78, 5) is 16.8. The van der Waals surface area contributed by atoms with Gasteiger partial charge >= 0.3 is 5.97 Å². The number of esters is 1. The van der Waals surface area contributed by atoms with Crippen molar-refractivity contribution in [3.8, 4) is 11.5 Å². The van der Waals surface area contributed by atoms with Gasteiger partial charge in [-0.1, -0.05) is 36.4 Å². The smallest absolute Gasteiger partial charge is 0.363 e. The lowest BCUT2D eigenvalue weighted by molar-refractivity contribution is -0.129. The van der Waals surface area contributed by atoms with E-state index in [2.05, 4.69) is 4.99 Å². The summed E-state index contributed by atoms with van der Waals surface area (Å²) in [6, 6.07) is 19.1. The highest BCUT2D eigenvalue weighted by atomic mass is 16.6. The van der Waals surface area contributed by atoms with Crippen LogP contribution in [0.5, 0.6) is 11.5 Å². The maximum absolute atomic E-state index is 12.4. The summed E-state index contributed by atoms with van der Waals surface area (Å²) < 4.78 is 16.0. The Morgan fingerprint density at radius 3 is 2.59 bits per heavy atom. The fraction of sp³-hybridized carbons (Fsp3) is 0.0909. The van der Waals surface area contributed by atoms with Gasteiger partial charge in [-0.25, -0.2) is 9.79 Å². The second kappa shape index (κ2) is 6.96. The molecule has 0 N–H and O–H groups in total. The maximum atomic E-state index is 12.4. The van der Waals surface area contributed by atoms with Crippen LogP contribution >= 0.6 is 0 Å². The Morgan fingerprint density at radius 2 is 1.78 bits per heavy atom. The van der Waals surface area contributed by atoms with Crippen LogP contribution < -0.4 is 9.47 Å². The lowest BCUT2D eigenvalue weighted by Crippen LogP contribution is -2.05. The molecule has 0 aromatic heterocycles. The Morgan fingerprint density at radius 1 is 0.963 bits per heavy atom. The van der Waals surface area contributed by atoms with E-state index in [1.165, 1.54) is 0 Å². The molecule has 3 aromatic carbocycles. The summed E-state index contributed by atoms with van der Waals surface area (Å²) in [6.45, 7) is 0. The molecule has 0 aliphatic carbocycles. The minimum atomic E-state index is -0.497. The number of ether oxygens (including phenoxy) is 3. The van der Waals surface area contributed by atoms with Gasteiger partial charge in [0.2, 0.25) is 5.90 Å². The molecular formula is C22H17NO4. The van der Waals surface area contributed by atoms with E-state index in [4.69, 9.17) is 14.2 Å². The number of cyclic esters (lactones) is 1. The number of fused-ring (bicyclic) bond motifs is 1. The summed E-state index contributed by atoms with van der Waals surface area (Å²) >= 11 is 0. The average molecular weight is 359 g/mol. The molecule has 0 radical (unpaired) electrons. The van der Waals surface area contributed by atoms with Gasteiger partial charge in [0.25, 0.3) is 0 Å². The molecule has 3 aromatic rings. The Hall–Kier alpha value is -3.60. The van der Waals surface area contributed by atoms with Crippen LogP contribution in [-0.2, 0) is 9.53 Å². The van der Waals surface area contributed by atoms with E-state index >= 15 is 0 Å². The van der Waals surface area contributed by atoms with E-state index < -0.39 is 5.97 Å². The van der Waals surface area contributed by atoms with Crippen molar-refractivity contribution in [3.63, 3.8) is 0 Å². The van der Waals surface area contributed by atoms with Gasteiger partial charge < -0.3 is 14.2 Å². The molecule has 0 amide bonds. The molecule has 0 saturated carbocycles. The molecule has 4 rings (SSSR count). The van der Waals surface area contributed by atoms with Crippen LogP contribution in [-0.4, -0.2) is 26.1 Å². The van der Waals surface area contributed by atoms with Gasteiger partial charge in [0.15, 0.2) is 5.70 Å². The standard InChI is InChI=1S/C22H17NO4/c1-25-16-10-11-20(26-2)15(12-16)13-19-22(24)27-21(23-19)18-9-5-7-14-6-3-4-8-17(14)18/h3-13H,1-2H3/b19-13+. The first-order valence-corrected chi connectivity index (χ1v) is 8.42. The number of nitrogens with zero attached hydrogens (tertiary/aromatic N) is 1. The van der Waals surface area contributed by atoms with E-state index in [0.717, 1.165) is 16.3 Å². The zero-order chi connectivity index (χ0) is 18.8. The van der Waals surface area contributed by atoms with Crippen molar-refractivity contribution in [1.29, 1.82) is 0 Å². The first-order chi connectivity index (χ1) is 13.2. The summed E-state index contributed by atoms with van der Waals surface area (Å²) in [6.07, 6.45) is 1.64. The summed E-state index contributed by atoms with van der Waals surface area (Å²) in [5.41, 5.74) is 1.68. The van der Waals surface area contributed by atoms with Crippen molar-refractivity contribution >= 4 is 28.7 Å². The lowest BCUT2D eigenvalue weighted by atomic mass is 10.0. The molecule has 0 fully saturated rings. The molecule has 5 heteroatoms. The Balaban J connectivity index is 1.79. The number of rotatable bonds is 4. The van der Waals surface area contributed by atoms with Crippen LogP contribution in [0.25, 0.3) is 16.8 Å². The minimum Gasteiger partial charge on any atom is -0.497 e. The number of carbonyl (C=O) groups is 1.